The van der Waals surface area contributed by atoms with Crippen molar-refractivity contribution in [3.63, 3.8) is 0 Å². The highest BCUT2D eigenvalue weighted by Gasteiger charge is 2.09. The van der Waals surface area contributed by atoms with Crippen molar-refractivity contribution >= 4 is 16.6 Å². The molecule has 0 saturated heterocycles. The molecule has 108 valence electrons. The molecule has 1 heterocycles. The van der Waals surface area contributed by atoms with Crippen LogP contribution < -0.4 is 17.8 Å². The van der Waals surface area contributed by atoms with E-state index in [1.165, 1.54) is 0 Å². The van der Waals surface area contributed by atoms with Gasteiger partial charge in [-0.25, -0.2) is 0 Å². The highest BCUT2D eigenvalue weighted by molar-refractivity contribution is 5.88. The predicted octanol–water partition coefficient (Wildman–Crippen LogP) is 0.898. The van der Waals surface area contributed by atoms with E-state index in [-0.39, 0.29) is 12.4 Å². The van der Waals surface area contributed by atoms with Gasteiger partial charge in [-0.1, -0.05) is 23.3 Å². The van der Waals surface area contributed by atoms with Gasteiger partial charge in [-0.3, -0.25) is 0 Å². The molecule has 8 heteroatoms. The second kappa shape index (κ2) is 6.14. The molecule has 1 aliphatic heterocycles. The smallest absolute Gasteiger partial charge is 0.339 e. The molecule has 1 aromatic carbocycles. The van der Waals surface area contributed by atoms with Crippen molar-refractivity contribution in [2.75, 3.05) is 0 Å². The van der Waals surface area contributed by atoms with Crippen LogP contribution in [0.1, 0.15) is 0 Å². The van der Waals surface area contributed by atoms with Crippen molar-refractivity contribution in [1.82, 2.24) is 4.57 Å². The molecule has 0 radical (unpaired) electrons. The Morgan fingerprint density at radius 1 is 1.14 bits per heavy atom. The number of nitrogens with zero attached hydrogens (tertiary/aromatic N) is 7. The third-order valence-electron chi connectivity index (χ3n) is 3.38. The lowest BCUT2D eigenvalue weighted by atomic mass is 10.0. The summed E-state index contributed by atoms with van der Waals surface area (Å²) < 4.78 is 1.98. The fourth-order valence-corrected chi connectivity index (χ4v) is 2.41. The lowest BCUT2D eigenvalue weighted by Gasteiger charge is -2.15. The number of hydrogen-bond donors (Lipinski definition) is 0. The normalized spacial score (nSPS) is 10.8. The van der Waals surface area contributed by atoms with E-state index in [1.54, 1.807) is 12.1 Å². The summed E-state index contributed by atoms with van der Waals surface area (Å²) in [5, 5.41) is 20.2. The van der Waals surface area contributed by atoms with Crippen LogP contribution in [0.4, 0.5) is 5.69 Å². The van der Waals surface area contributed by atoms with Crippen molar-refractivity contribution < 1.29 is 12.4 Å². The van der Waals surface area contributed by atoms with Gasteiger partial charge in [-0.2, -0.15) is 0 Å². The minimum Gasteiger partial charge on any atom is -1.00 e. The van der Waals surface area contributed by atoms with Gasteiger partial charge in [0, 0.05) is 23.2 Å². The van der Waals surface area contributed by atoms with Gasteiger partial charge in [0.2, 0.25) is 0 Å². The first kappa shape index (κ1) is 15.3. The van der Waals surface area contributed by atoms with Crippen LogP contribution in [-0.2, 0) is 7.05 Å². The summed E-state index contributed by atoms with van der Waals surface area (Å²) in [5.74, 6) is 0. The Labute approximate surface area is 131 Å². The molecule has 7 nitrogen and oxygen atoms in total. The third kappa shape index (κ3) is 2.56. The first-order valence-corrected chi connectivity index (χ1v) is 6.20. The molecule has 3 rings (SSSR count). The number of hydrogen-bond acceptors (Lipinski definition) is 3. The summed E-state index contributed by atoms with van der Waals surface area (Å²) in [7, 11) is 1.92. The molecule has 1 aliphatic carbocycles. The van der Waals surface area contributed by atoms with Gasteiger partial charge in [0.25, 0.3) is 5.39 Å². The van der Waals surface area contributed by atoms with Crippen LogP contribution in [0.3, 0.4) is 0 Å². The number of aromatic nitrogens is 1. The molecule has 0 fully saturated rings. The van der Waals surface area contributed by atoms with E-state index in [1.807, 2.05) is 41.9 Å². The Hall–Kier alpha value is -3.07. The molecule has 0 aromatic heterocycles. The molecular weight excluding hydrogens is 302 g/mol. The quantitative estimate of drug-likeness (QED) is 0.164. The van der Waals surface area contributed by atoms with E-state index in [0.717, 1.165) is 22.2 Å². The lowest BCUT2D eigenvalue weighted by Crippen LogP contribution is -3.00. The zero-order chi connectivity index (χ0) is 14.8. The summed E-state index contributed by atoms with van der Waals surface area (Å²) in [4.78, 5) is 2.80. The number of halogens is 1. The average Bonchev–Trinajstić information content (AvgIpc) is 2.49. The zero-order valence-corrected chi connectivity index (χ0v) is 12.3. The molecule has 0 amide bonds. The second-order valence-corrected chi connectivity index (χ2v) is 4.57. The lowest BCUT2D eigenvalue weighted by molar-refractivity contribution is -0.00000456. The summed E-state index contributed by atoms with van der Waals surface area (Å²) in [6, 6.07) is 13.1. The topological polar surface area (TPSA) is 94.2 Å². The fraction of sp³-hybridized carbons (Fsp3) is 0.0714. The Morgan fingerprint density at radius 2 is 1.95 bits per heavy atom. The standard InChI is InChI=1S/C14H10N7.ClH/c1-21-13-7-11(17-19-15)4-2-9(13)6-10-3-5-12(18-20-16)8-14(10)21;/h2-8H,1H3;1H/q+1;/p-1. The molecule has 22 heavy (non-hydrogen) atoms. The Morgan fingerprint density at radius 3 is 2.68 bits per heavy atom. The first-order valence-electron chi connectivity index (χ1n) is 6.20. The molecule has 0 unspecified atom stereocenters. The minimum absolute atomic E-state index is 0. The summed E-state index contributed by atoms with van der Waals surface area (Å²) in [6.45, 7) is 0. The van der Waals surface area contributed by atoms with E-state index in [2.05, 4.69) is 20.2 Å². The highest BCUT2D eigenvalue weighted by Crippen LogP contribution is 2.28. The Kier molecular flexibility index (Phi) is 4.28. The van der Waals surface area contributed by atoms with Gasteiger partial charge in [0.1, 0.15) is 0 Å². The van der Waals surface area contributed by atoms with Crippen molar-refractivity contribution in [1.29, 1.82) is 5.39 Å². The maximum absolute atomic E-state index is 8.53. The minimum atomic E-state index is 0. The maximum atomic E-state index is 8.53. The van der Waals surface area contributed by atoms with Crippen LogP contribution in [0.25, 0.3) is 37.7 Å². The van der Waals surface area contributed by atoms with Crippen LogP contribution >= 0.6 is 0 Å². The molecule has 0 atom stereocenters. The van der Waals surface area contributed by atoms with E-state index in [9.17, 15) is 0 Å². The van der Waals surface area contributed by atoms with E-state index in [0.29, 0.717) is 11.0 Å². The van der Waals surface area contributed by atoms with Crippen molar-refractivity contribution in [2.45, 2.75) is 0 Å². The first-order chi connectivity index (χ1) is 10.2. The Balaban J connectivity index is 0.00000176. The van der Waals surface area contributed by atoms with Gasteiger partial charge in [0.15, 0.2) is 10.5 Å². The molecule has 0 saturated carbocycles. The summed E-state index contributed by atoms with van der Waals surface area (Å²) >= 11 is 0. The third-order valence-corrected chi connectivity index (χ3v) is 3.38. The van der Waals surface area contributed by atoms with E-state index in [4.69, 9.17) is 10.9 Å². The van der Waals surface area contributed by atoms with E-state index >= 15 is 0 Å². The largest absolute Gasteiger partial charge is 1.00 e. The maximum Gasteiger partial charge on any atom is 0.339 e. The SMILES string of the molecule is Cn1c2cc(=N[N+]#N)ccc-2cc2ccc(N=[N+]=[N-])cc21.[Cl-]. The van der Waals surface area contributed by atoms with Gasteiger partial charge in [-0.15, -0.1) is 0 Å². The van der Waals surface area contributed by atoms with Crippen LogP contribution in [0.2, 0.25) is 0 Å². The van der Waals surface area contributed by atoms with Crippen molar-refractivity contribution in [3.8, 4) is 11.3 Å². The molecule has 0 bridgehead atoms. The van der Waals surface area contributed by atoms with E-state index < -0.39 is 0 Å². The number of azide groups is 1. The van der Waals surface area contributed by atoms with Gasteiger partial charge in [0.05, 0.1) is 5.69 Å². The van der Waals surface area contributed by atoms with Crippen LogP contribution in [-0.4, -0.2) is 4.57 Å². The molecule has 2 aliphatic rings. The average molecular weight is 312 g/mol. The molecule has 1 aromatic rings. The fourth-order valence-electron chi connectivity index (χ4n) is 2.41. The number of aryl methyl sites for hydroxylation is 1. The predicted molar refractivity (Wildman–Crippen MR) is 79.0 cm³/mol. The summed E-state index contributed by atoms with van der Waals surface area (Å²) in [6.07, 6.45) is 0. The number of benzene rings is 2. The second-order valence-electron chi connectivity index (χ2n) is 4.57. The zero-order valence-electron chi connectivity index (χ0n) is 11.5. The van der Waals surface area contributed by atoms with Gasteiger partial charge >= 0.3 is 5.08 Å². The van der Waals surface area contributed by atoms with Crippen molar-refractivity contribution in [2.24, 2.45) is 17.3 Å². The van der Waals surface area contributed by atoms with Gasteiger partial charge < -0.3 is 17.0 Å². The molecule has 0 spiro atoms. The monoisotopic (exact) mass is 311 g/mol. The van der Waals surface area contributed by atoms with Gasteiger partial charge in [-0.05, 0) is 40.7 Å². The molecular formula is C14H10ClN7. The van der Waals surface area contributed by atoms with Crippen molar-refractivity contribution in [3.05, 3.63) is 63.3 Å². The van der Waals surface area contributed by atoms with Crippen LogP contribution in [0.5, 0.6) is 0 Å². The highest BCUT2D eigenvalue weighted by atomic mass is 35.5. The van der Waals surface area contributed by atoms with Crippen LogP contribution in [0, 0.1) is 5.39 Å². The number of pyridine rings is 1. The summed E-state index contributed by atoms with van der Waals surface area (Å²) in [5.41, 5.74) is 12.0. The molecule has 0 N–H and O–H groups in total. The Bertz CT molecular complexity index is 977. The number of fused-ring (bicyclic) bond motifs is 2. The number of rotatable bonds is 1. The van der Waals surface area contributed by atoms with Crippen LogP contribution in [0.15, 0.2) is 52.7 Å². The number of diazo groups is 1.